The number of rotatable bonds is 5. The summed E-state index contributed by atoms with van der Waals surface area (Å²) in [5.41, 5.74) is 1.87. The highest BCUT2D eigenvalue weighted by molar-refractivity contribution is 5.76. The topological polar surface area (TPSA) is 88.8 Å². The summed E-state index contributed by atoms with van der Waals surface area (Å²) in [6.45, 7) is 2.69. The molecule has 0 aromatic carbocycles. The van der Waals surface area contributed by atoms with Crippen molar-refractivity contribution in [3.05, 3.63) is 29.8 Å². The fraction of sp³-hybridized carbons (Fsp3) is 0.562. The lowest BCUT2D eigenvalue weighted by molar-refractivity contribution is -0.132. The van der Waals surface area contributed by atoms with Crippen molar-refractivity contribution in [3.63, 3.8) is 0 Å². The van der Waals surface area contributed by atoms with Gasteiger partial charge in [0.15, 0.2) is 0 Å². The van der Waals surface area contributed by atoms with Gasteiger partial charge in [0, 0.05) is 31.9 Å². The molecular weight excluding hydrogens is 306 g/mol. The molecule has 0 radical (unpaired) electrons. The van der Waals surface area contributed by atoms with Crippen molar-refractivity contribution in [2.24, 2.45) is 5.92 Å². The van der Waals surface area contributed by atoms with Crippen molar-refractivity contribution in [1.82, 2.24) is 29.9 Å². The zero-order chi connectivity index (χ0) is 16.4. The monoisotopic (exact) mass is 327 g/mol. The van der Waals surface area contributed by atoms with Crippen LogP contribution in [0, 0.1) is 5.92 Å². The molecule has 0 bridgehead atoms. The third-order valence-electron chi connectivity index (χ3n) is 4.55. The fourth-order valence-corrected chi connectivity index (χ4v) is 2.99. The molecule has 24 heavy (non-hydrogen) atoms. The van der Waals surface area contributed by atoms with Gasteiger partial charge in [-0.1, -0.05) is 5.21 Å². The highest BCUT2D eigenvalue weighted by atomic mass is 16.2. The Balaban J connectivity index is 1.46. The van der Waals surface area contributed by atoms with Gasteiger partial charge in [-0.15, -0.1) is 5.10 Å². The van der Waals surface area contributed by atoms with Crippen molar-refractivity contribution in [1.29, 1.82) is 0 Å². The maximum absolute atomic E-state index is 12.5. The summed E-state index contributed by atoms with van der Waals surface area (Å²) in [6.07, 6.45) is 7.39. The first-order valence-corrected chi connectivity index (χ1v) is 8.49. The Hall–Kier alpha value is -2.51. The van der Waals surface area contributed by atoms with Crippen molar-refractivity contribution in [3.8, 4) is 0 Å². The Labute approximate surface area is 140 Å². The summed E-state index contributed by atoms with van der Waals surface area (Å²) in [6, 6.07) is 1.78. The van der Waals surface area contributed by atoms with Gasteiger partial charge in [-0.05, 0) is 31.2 Å². The molecule has 1 saturated carbocycles. The third kappa shape index (κ3) is 3.37. The van der Waals surface area contributed by atoms with Crippen LogP contribution in [-0.2, 0) is 24.4 Å². The van der Waals surface area contributed by atoms with E-state index < -0.39 is 0 Å². The number of amides is 1. The second-order valence-corrected chi connectivity index (χ2v) is 6.45. The van der Waals surface area contributed by atoms with Gasteiger partial charge in [0.05, 0.1) is 18.8 Å². The Morgan fingerprint density at radius 3 is 2.88 bits per heavy atom. The van der Waals surface area contributed by atoms with Gasteiger partial charge in [-0.3, -0.25) is 4.79 Å². The number of nitrogens with zero attached hydrogens (tertiary/aromatic N) is 6. The Bertz CT molecular complexity index is 710. The van der Waals surface area contributed by atoms with Crippen molar-refractivity contribution in [2.75, 3.05) is 11.9 Å². The molecular formula is C16H21N7O. The molecule has 1 N–H and O–H groups in total. The van der Waals surface area contributed by atoms with Crippen LogP contribution < -0.4 is 5.32 Å². The highest BCUT2D eigenvalue weighted by Gasteiger charge is 2.29. The maximum Gasteiger partial charge on any atom is 0.223 e. The third-order valence-corrected chi connectivity index (χ3v) is 4.55. The number of hydrogen-bond acceptors (Lipinski definition) is 6. The normalized spacial score (nSPS) is 17.2. The molecule has 1 amide bonds. The Kier molecular flexibility index (Phi) is 4.10. The molecule has 8 heteroatoms. The van der Waals surface area contributed by atoms with Gasteiger partial charge in [-0.2, -0.15) is 0 Å². The molecule has 2 aliphatic rings. The van der Waals surface area contributed by atoms with Gasteiger partial charge in [0.25, 0.3) is 0 Å². The lowest BCUT2D eigenvalue weighted by atomic mass is 10.2. The molecule has 0 atom stereocenters. The van der Waals surface area contributed by atoms with Gasteiger partial charge < -0.3 is 10.2 Å². The number of aryl methyl sites for hydroxylation is 1. The number of anilines is 1. The number of nitrogens with one attached hydrogen (secondary N) is 1. The highest BCUT2D eigenvalue weighted by Crippen LogP contribution is 2.33. The molecule has 0 spiro atoms. The molecule has 1 aliphatic heterocycles. The van der Waals surface area contributed by atoms with Crippen LogP contribution in [0.15, 0.2) is 18.5 Å². The minimum atomic E-state index is 0.262. The van der Waals surface area contributed by atoms with Crippen LogP contribution in [0.1, 0.15) is 37.1 Å². The number of carbonyl (C=O) groups is 1. The van der Waals surface area contributed by atoms with Crippen LogP contribution in [0.25, 0.3) is 0 Å². The summed E-state index contributed by atoms with van der Waals surface area (Å²) >= 11 is 0. The van der Waals surface area contributed by atoms with E-state index in [0.717, 1.165) is 30.9 Å². The zero-order valence-electron chi connectivity index (χ0n) is 13.6. The standard InChI is InChI=1S/C16H21N7O/c24-15(9-12-3-4-12)22-7-2-8-23-14(11-22)13(20-21-23)10-19-16-17-5-1-6-18-16/h1,5-6,12H,2-4,7-11H2,(H,17,18,19). The second kappa shape index (κ2) is 6.54. The van der Waals surface area contributed by atoms with Crippen LogP contribution in [0.2, 0.25) is 0 Å². The molecule has 0 saturated heterocycles. The van der Waals surface area contributed by atoms with Crippen molar-refractivity contribution >= 4 is 11.9 Å². The average Bonchev–Trinajstić information content (AvgIpc) is 3.38. The number of fused-ring (bicyclic) bond motifs is 1. The van der Waals surface area contributed by atoms with Crippen molar-refractivity contribution in [2.45, 2.75) is 45.3 Å². The predicted molar refractivity (Wildman–Crippen MR) is 86.8 cm³/mol. The molecule has 4 rings (SSSR count). The molecule has 2 aromatic heterocycles. The fourth-order valence-electron chi connectivity index (χ4n) is 2.99. The van der Waals surface area contributed by atoms with E-state index in [-0.39, 0.29) is 5.91 Å². The predicted octanol–water partition coefficient (Wildman–Crippen LogP) is 1.21. The smallest absolute Gasteiger partial charge is 0.223 e. The Morgan fingerprint density at radius 2 is 2.08 bits per heavy atom. The van der Waals surface area contributed by atoms with E-state index in [0.29, 0.717) is 31.4 Å². The summed E-state index contributed by atoms with van der Waals surface area (Å²) < 4.78 is 1.92. The molecule has 0 unspecified atom stereocenters. The van der Waals surface area contributed by atoms with E-state index in [4.69, 9.17) is 0 Å². The first kappa shape index (κ1) is 15.0. The quantitative estimate of drug-likeness (QED) is 0.888. The average molecular weight is 327 g/mol. The summed E-state index contributed by atoms with van der Waals surface area (Å²) in [5, 5.41) is 11.7. The maximum atomic E-state index is 12.5. The number of aromatic nitrogens is 5. The first-order valence-electron chi connectivity index (χ1n) is 8.49. The van der Waals surface area contributed by atoms with Crippen LogP contribution in [0.4, 0.5) is 5.95 Å². The van der Waals surface area contributed by atoms with Gasteiger partial charge in [-0.25, -0.2) is 14.6 Å². The van der Waals surface area contributed by atoms with Gasteiger partial charge in [0.2, 0.25) is 11.9 Å². The minimum Gasteiger partial charge on any atom is -0.348 e. The lowest BCUT2D eigenvalue weighted by Crippen LogP contribution is -2.31. The van der Waals surface area contributed by atoms with Crippen LogP contribution >= 0.6 is 0 Å². The second-order valence-electron chi connectivity index (χ2n) is 6.45. The molecule has 126 valence electrons. The number of carbonyl (C=O) groups excluding carboxylic acids is 1. The summed E-state index contributed by atoms with van der Waals surface area (Å²) in [5.74, 6) is 1.44. The summed E-state index contributed by atoms with van der Waals surface area (Å²) in [7, 11) is 0. The first-order chi connectivity index (χ1) is 11.8. The van der Waals surface area contributed by atoms with E-state index in [9.17, 15) is 4.79 Å². The SMILES string of the molecule is O=C(CC1CC1)N1CCCn2nnc(CNc3ncccn3)c2C1. The Morgan fingerprint density at radius 1 is 1.25 bits per heavy atom. The molecule has 2 aromatic rings. The van der Waals surface area contributed by atoms with Crippen LogP contribution in [0.3, 0.4) is 0 Å². The van der Waals surface area contributed by atoms with Crippen LogP contribution in [0.5, 0.6) is 0 Å². The molecule has 1 aliphatic carbocycles. The van der Waals surface area contributed by atoms with Crippen LogP contribution in [-0.4, -0.2) is 42.3 Å². The van der Waals surface area contributed by atoms with E-state index in [2.05, 4.69) is 25.6 Å². The lowest BCUT2D eigenvalue weighted by Gasteiger charge is -2.20. The summed E-state index contributed by atoms with van der Waals surface area (Å²) in [4.78, 5) is 22.7. The molecule has 1 fully saturated rings. The van der Waals surface area contributed by atoms with E-state index in [1.54, 1.807) is 18.5 Å². The van der Waals surface area contributed by atoms with Gasteiger partial charge in [0.1, 0.15) is 5.69 Å². The largest absolute Gasteiger partial charge is 0.348 e. The number of hydrogen-bond donors (Lipinski definition) is 1. The minimum absolute atomic E-state index is 0.262. The van der Waals surface area contributed by atoms with Gasteiger partial charge >= 0.3 is 0 Å². The van der Waals surface area contributed by atoms with E-state index in [1.807, 2.05) is 9.58 Å². The molecule has 8 nitrogen and oxygen atoms in total. The van der Waals surface area contributed by atoms with Crippen molar-refractivity contribution < 1.29 is 4.79 Å². The van der Waals surface area contributed by atoms with E-state index >= 15 is 0 Å². The molecule has 3 heterocycles. The zero-order valence-corrected chi connectivity index (χ0v) is 13.6. The van der Waals surface area contributed by atoms with E-state index in [1.165, 1.54) is 12.8 Å².